The topological polar surface area (TPSA) is 89.3 Å². The first kappa shape index (κ1) is 20.6. The molecule has 0 aliphatic carbocycles. The molecule has 2 aromatic heterocycles. The average Bonchev–Trinajstić information content (AvgIpc) is 3.25. The Morgan fingerprint density at radius 2 is 1.94 bits per heavy atom. The van der Waals surface area contributed by atoms with Crippen molar-refractivity contribution in [1.82, 2.24) is 14.8 Å². The Kier molecular flexibility index (Phi) is 5.59. The minimum atomic E-state index is -0.344. The molecule has 2 aromatic carbocycles. The number of aromatic nitrogens is 3. The Morgan fingerprint density at radius 1 is 1.16 bits per heavy atom. The SMILES string of the molecule is CCCn1nc(C(=O)Nc2ccc3nc(N4CCOCC4)sc3c2)c2ccccc2c1=O. The van der Waals surface area contributed by atoms with E-state index in [1.807, 2.05) is 25.1 Å². The summed E-state index contributed by atoms with van der Waals surface area (Å²) in [6, 6.07) is 12.8. The molecule has 4 aromatic rings. The quantitative estimate of drug-likeness (QED) is 0.502. The van der Waals surface area contributed by atoms with Gasteiger partial charge in [0, 0.05) is 30.7 Å². The van der Waals surface area contributed by atoms with Gasteiger partial charge in [-0.05, 0) is 30.7 Å². The van der Waals surface area contributed by atoms with E-state index < -0.39 is 0 Å². The van der Waals surface area contributed by atoms with Gasteiger partial charge in [0.15, 0.2) is 10.8 Å². The van der Waals surface area contributed by atoms with Crippen molar-refractivity contribution in [3.8, 4) is 0 Å². The van der Waals surface area contributed by atoms with Crippen molar-refractivity contribution in [2.45, 2.75) is 19.9 Å². The summed E-state index contributed by atoms with van der Waals surface area (Å²) in [5.74, 6) is -0.344. The maximum absolute atomic E-state index is 13.2. The van der Waals surface area contributed by atoms with Crippen molar-refractivity contribution < 1.29 is 9.53 Å². The van der Waals surface area contributed by atoms with E-state index in [1.165, 1.54) is 4.68 Å². The number of morpholine rings is 1. The zero-order valence-electron chi connectivity index (χ0n) is 17.7. The fourth-order valence-corrected chi connectivity index (χ4v) is 4.89. The molecule has 1 N–H and O–H groups in total. The first-order chi connectivity index (χ1) is 15.6. The van der Waals surface area contributed by atoms with E-state index in [9.17, 15) is 9.59 Å². The number of benzene rings is 2. The smallest absolute Gasteiger partial charge is 0.276 e. The van der Waals surface area contributed by atoms with Crippen LogP contribution in [0.3, 0.4) is 0 Å². The number of nitrogens with zero attached hydrogens (tertiary/aromatic N) is 4. The number of aryl methyl sites for hydroxylation is 1. The Morgan fingerprint density at radius 3 is 2.72 bits per heavy atom. The fraction of sp³-hybridized carbons (Fsp3) is 0.304. The largest absolute Gasteiger partial charge is 0.378 e. The van der Waals surface area contributed by atoms with Gasteiger partial charge in [-0.2, -0.15) is 5.10 Å². The lowest BCUT2D eigenvalue weighted by molar-refractivity contribution is 0.102. The normalized spacial score (nSPS) is 14.2. The first-order valence-corrected chi connectivity index (χ1v) is 11.5. The van der Waals surface area contributed by atoms with Crippen molar-refractivity contribution in [2.24, 2.45) is 0 Å². The van der Waals surface area contributed by atoms with Gasteiger partial charge in [-0.1, -0.05) is 36.5 Å². The predicted octanol–water partition coefficient (Wildman–Crippen LogP) is 3.51. The molecule has 9 heteroatoms. The van der Waals surface area contributed by atoms with Gasteiger partial charge in [0.05, 0.1) is 28.8 Å². The van der Waals surface area contributed by atoms with Gasteiger partial charge < -0.3 is 15.0 Å². The van der Waals surface area contributed by atoms with E-state index in [0.29, 0.717) is 36.2 Å². The summed E-state index contributed by atoms with van der Waals surface area (Å²) >= 11 is 1.60. The van der Waals surface area contributed by atoms with Crippen LogP contribution in [0.25, 0.3) is 21.0 Å². The van der Waals surface area contributed by atoms with Crippen LogP contribution in [0.1, 0.15) is 23.8 Å². The highest BCUT2D eigenvalue weighted by atomic mass is 32.1. The highest BCUT2D eigenvalue weighted by Gasteiger charge is 2.18. The lowest BCUT2D eigenvalue weighted by Crippen LogP contribution is -2.36. The van der Waals surface area contributed by atoms with Crippen LogP contribution in [0.2, 0.25) is 0 Å². The van der Waals surface area contributed by atoms with E-state index >= 15 is 0 Å². The summed E-state index contributed by atoms with van der Waals surface area (Å²) < 4.78 is 7.79. The van der Waals surface area contributed by atoms with Crippen molar-refractivity contribution >= 4 is 49.1 Å². The number of rotatable bonds is 5. The van der Waals surface area contributed by atoms with E-state index in [4.69, 9.17) is 9.72 Å². The average molecular weight is 450 g/mol. The molecule has 0 unspecified atom stereocenters. The molecule has 1 aliphatic rings. The monoisotopic (exact) mass is 449 g/mol. The highest BCUT2D eigenvalue weighted by molar-refractivity contribution is 7.22. The van der Waals surface area contributed by atoms with Crippen LogP contribution in [0, 0.1) is 0 Å². The van der Waals surface area contributed by atoms with E-state index in [2.05, 4.69) is 15.3 Å². The fourth-order valence-electron chi connectivity index (χ4n) is 3.84. The van der Waals surface area contributed by atoms with Crippen LogP contribution >= 0.6 is 11.3 Å². The standard InChI is InChI=1S/C23H23N5O3S/c1-2-9-28-22(30)17-6-4-3-5-16(17)20(26-28)21(29)24-15-7-8-18-19(14-15)32-23(25-18)27-10-12-31-13-11-27/h3-8,14H,2,9-13H2,1H3,(H,24,29). The lowest BCUT2D eigenvalue weighted by atomic mass is 10.1. The van der Waals surface area contributed by atoms with E-state index in [-0.39, 0.29) is 17.2 Å². The Labute approximate surface area is 188 Å². The second kappa shape index (κ2) is 8.68. The number of fused-ring (bicyclic) bond motifs is 2. The third-order valence-electron chi connectivity index (χ3n) is 5.43. The molecule has 164 valence electrons. The second-order valence-corrected chi connectivity index (χ2v) is 8.66. The number of hydrogen-bond donors (Lipinski definition) is 1. The van der Waals surface area contributed by atoms with Crippen LogP contribution in [-0.4, -0.2) is 47.0 Å². The third kappa shape index (κ3) is 3.85. The second-order valence-electron chi connectivity index (χ2n) is 7.65. The minimum Gasteiger partial charge on any atom is -0.378 e. The Bertz CT molecular complexity index is 1360. The van der Waals surface area contributed by atoms with Gasteiger partial charge in [0.1, 0.15) is 0 Å². The summed E-state index contributed by atoms with van der Waals surface area (Å²) in [5, 5.41) is 9.34. The first-order valence-electron chi connectivity index (χ1n) is 10.7. The van der Waals surface area contributed by atoms with Gasteiger partial charge in [-0.25, -0.2) is 9.67 Å². The van der Waals surface area contributed by atoms with E-state index in [0.717, 1.165) is 34.9 Å². The number of thiazole rings is 1. The number of anilines is 2. The predicted molar refractivity (Wildman–Crippen MR) is 127 cm³/mol. The van der Waals surface area contributed by atoms with Gasteiger partial charge >= 0.3 is 0 Å². The zero-order chi connectivity index (χ0) is 22.1. The number of carbonyl (C=O) groups excluding carboxylic acids is 1. The number of amides is 1. The van der Waals surface area contributed by atoms with Crippen molar-refractivity contribution in [3.05, 3.63) is 58.5 Å². The van der Waals surface area contributed by atoms with Crippen LogP contribution < -0.4 is 15.8 Å². The lowest BCUT2D eigenvalue weighted by Gasteiger charge is -2.25. The maximum atomic E-state index is 13.2. The number of carbonyl (C=O) groups is 1. The van der Waals surface area contributed by atoms with Crippen LogP contribution in [-0.2, 0) is 11.3 Å². The Hall–Kier alpha value is -3.30. The molecule has 0 atom stereocenters. The molecule has 5 rings (SSSR count). The van der Waals surface area contributed by atoms with Gasteiger partial charge in [-0.3, -0.25) is 9.59 Å². The molecule has 8 nitrogen and oxygen atoms in total. The minimum absolute atomic E-state index is 0.180. The summed E-state index contributed by atoms with van der Waals surface area (Å²) in [4.78, 5) is 32.8. The van der Waals surface area contributed by atoms with Crippen molar-refractivity contribution in [1.29, 1.82) is 0 Å². The molecule has 1 aliphatic heterocycles. The highest BCUT2D eigenvalue weighted by Crippen LogP contribution is 2.31. The third-order valence-corrected chi connectivity index (χ3v) is 6.51. The molecule has 0 radical (unpaired) electrons. The summed E-state index contributed by atoms with van der Waals surface area (Å²) in [5.41, 5.74) is 1.63. The molecule has 0 bridgehead atoms. The summed E-state index contributed by atoms with van der Waals surface area (Å²) in [6.45, 7) is 5.50. The summed E-state index contributed by atoms with van der Waals surface area (Å²) in [7, 11) is 0. The van der Waals surface area contributed by atoms with Crippen LogP contribution in [0.15, 0.2) is 47.3 Å². The van der Waals surface area contributed by atoms with Crippen molar-refractivity contribution in [2.75, 3.05) is 36.5 Å². The van der Waals surface area contributed by atoms with Gasteiger partial charge in [0.2, 0.25) is 0 Å². The molecule has 1 saturated heterocycles. The molecule has 3 heterocycles. The van der Waals surface area contributed by atoms with Crippen LogP contribution in [0.4, 0.5) is 10.8 Å². The van der Waals surface area contributed by atoms with Gasteiger partial charge in [0.25, 0.3) is 11.5 Å². The molecule has 0 spiro atoms. The Balaban J connectivity index is 1.46. The molecule has 32 heavy (non-hydrogen) atoms. The molecule has 0 saturated carbocycles. The van der Waals surface area contributed by atoms with Gasteiger partial charge in [-0.15, -0.1) is 0 Å². The van der Waals surface area contributed by atoms with E-state index in [1.54, 1.807) is 35.6 Å². The van der Waals surface area contributed by atoms with Crippen molar-refractivity contribution in [3.63, 3.8) is 0 Å². The molecule has 1 amide bonds. The maximum Gasteiger partial charge on any atom is 0.276 e. The summed E-state index contributed by atoms with van der Waals surface area (Å²) in [6.07, 6.45) is 0.750. The molecule has 1 fully saturated rings. The number of hydrogen-bond acceptors (Lipinski definition) is 7. The molecular formula is C23H23N5O3S. The van der Waals surface area contributed by atoms with Crippen LogP contribution in [0.5, 0.6) is 0 Å². The zero-order valence-corrected chi connectivity index (χ0v) is 18.5. The number of ether oxygens (including phenoxy) is 1. The number of nitrogens with one attached hydrogen (secondary N) is 1. The molecular weight excluding hydrogens is 426 g/mol.